The number of benzene rings is 1. The molecule has 2 saturated heterocycles. The van der Waals surface area contributed by atoms with E-state index in [9.17, 15) is 4.79 Å². The van der Waals surface area contributed by atoms with Crippen LogP contribution in [0, 0.1) is 0 Å². The predicted octanol–water partition coefficient (Wildman–Crippen LogP) is 2.89. The summed E-state index contributed by atoms with van der Waals surface area (Å²) in [6.07, 6.45) is 6.08. The highest BCUT2D eigenvalue weighted by Gasteiger charge is 2.44. The first-order valence-electron chi connectivity index (χ1n) is 7.97. The number of carbonyl (C=O) groups excluding carboxylic acids is 1. The lowest BCUT2D eigenvalue weighted by Gasteiger charge is -2.30. The maximum absolute atomic E-state index is 12.5. The number of fused-ring (bicyclic) bond motifs is 5. The summed E-state index contributed by atoms with van der Waals surface area (Å²) in [6.45, 7) is 2.55. The second-order valence-corrected chi connectivity index (χ2v) is 6.35. The van der Waals surface area contributed by atoms with E-state index in [-0.39, 0.29) is 0 Å². The smallest absolute Gasteiger partial charge is 0.236 e. The van der Waals surface area contributed by atoms with E-state index in [0.29, 0.717) is 24.5 Å². The normalized spacial score (nSPS) is 28.7. The summed E-state index contributed by atoms with van der Waals surface area (Å²) in [7, 11) is 0. The molecule has 20 heavy (non-hydrogen) atoms. The van der Waals surface area contributed by atoms with Gasteiger partial charge in [-0.3, -0.25) is 9.69 Å². The Labute approximate surface area is 120 Å². The van der Waals surface area contributed by atoms with Crippen molar-refractivity contribution < 1.29 is 4.79 Å². The number of hydrogen-bond acceptors (Lipinski definition) is 2. The molecule has 0 spiro atoms. The lowest BCUT2D eigenvalue weighted by Crippen LogP contribution is -2.41. The van der Waals surface area contributed by atoms with Gasteiger partial charge in [0.1, 0.15) is 0 Å². The van der Waals surface area contributed by atoms with E-state index in [1.165, 1.54) is 43.2 Å². The summed E-state index contributed by atoms with van der Waals surface area (Å²) in [4.78, 5) is 17.0. The maximum Gasteiger partial charge on any atom is 0.236 e. The van der Waals surface area contributed by atoms with Crippen LogP contribution in [-0.4, -0.2) is 35.3 Å². The van der Waals surface area contributed by atoms with Crippen LogP contribution in [0.5, 0.6) is 0 Å². The standard InChI is InChI=1S/C17H22N2O/c20-17(18-10-4-1-5-11-18)12-19-15-8-9-16(19)14-7-3-2-6-13(14)15/h2-3,6-7,15-16H,1,4-5,8-12H2. The average molecular weight is 270 g/mol. The van der Waals surface area contributed by atoms with Crippen molar-refractivity contribution >= 4 is 5.91 Å². The van der Waals surface area contributed by atoms with Gasteiger partial charge in [-0.2, -0.15) is 0 Å². The minimum Gasteiger partial charge on any atom is -0.342 e. The number of hydrogen-bond donors (Lipinski definition) is 0. The molecule has 2 fully saturated rings. The van der Waals surface area contributed by atoms with Gasteiger partial charge >= 0.3 is 0 Å². The molecule has 3 heteroatoms. The van der Waals surface area contributed by atoms with Gasteiger partial charge in [0.05, 0.1) is 6.54 Å². The summed E-state index contributed by atoms with van der Waals surface area (Å²) in [5, 5.41) is 0. The zero-order valence-corrected chi connectivity index (χ0v) is 11.9. The van der Waals surface area contributed by atoms with Crippen LogP contribution in [0.25, 0.3) is 0 Å². The topological polar surface area (TPSA) is 23.6 Å². The Balaban J connectivity index is 1.50. The molecule has 0 aromatic heterocycles. The van der Waals surface area contributed by atoms with Crippen LogP contribution in [0.2, 0.25) is 0 Å². The molecule has 0 N–H and O–H groups in total. The molecule has 3 aliphatic rings. The van der Waals surface area contributed by atoms with Crippen LogP contribution < -0.4 is 0 Å². The second-order valence-electron chi connectivity index (χ2n) is 6.35. The van der Waals surface area contributed by atoms with Crippen LogP contribution >= 0.6 is 0 Å². The first-order chi connectivity index (χ1) is 9.84. The lowest BCUT2D eigenvalue weighted by molar-refractivity contribution is -0.133. The van der Waals surface area contributed by atoms with Crippen LogP contribution in [0.3, 0.4) is 0 Å². The average Bonchev–Trinajstić information content (AvgIpc) is 3.04. The van der Waals surface area contributed by atoms with Crippen molar-refractivity contribution in [2.45, 2.75) is 44.2 Å². The molecular formula is C17H22N2O. The third kappa shape index (κ3) is 1.87. The van der Waals surface area contributed by atoms with E-state index in [2.05, 4.69) is 34.1 Å². The highest BCUT2D eigenvalue weighted by atomic mass is 16.2. The summed E-state index contributed by atoms with van der Waals surface area (Å²) in [6, 6.07) is 9.73. The van der Waals surface area contributed by atoms with Gasteiger partial charge in [0.25, 0.3) is 0 Å². The van der Waals surface area contributed by atoms with E-state index in [1.807, 2.05) is 0 Å². The first-order valence-corrected chi connectivity index (χ1v) is 7.97. The van der Waals surface area contributed by atoms with E-state index >= 15 is 0 Å². The SMILES string of the molecule is O=C(CN1C2CCC1c1ccccc12)N1CCCCC1. The molecule has 0 aliphatic carbocycles. The number of nitrogens with zero attached hydrogens (tertiary/aromatic N) is 2. The van der Waals surface area contributed by atoms with Crippen molar-refractivity contribution in [1.29, 1.82) is 0 Å². The Morgan fingerprint density at radius 1 is 1.00 bits per heavy atom. The number of amides is 1. The van der Waals surface area contributed by atoms with Crippen molar-refractivity contribution in [3.05, 3.63) is 35.4 Å². The minimum atomic E-state index is 0.342. The molecule has 2 atom stereocenters. The van der Waals surface area contributed by atoms with Crippen LogP contribution in [-0.2, 0) is 4.79 Å². The third-order valence-corrected chi connectivity index (χ3v) is 5.25. The van der Waals surface area contributed by atoms with Gasteiger partial charge in [-0.05, 0) is 43.2 Å². The highest BCUT2D eigenvalue weighted by molar-refractivity contribution is 5.78. The largest absolute Gasteiger partial charge is 0.342 e. The zero-order chi connectivity index (χ0) is 13.5. The number of carbonyl (C=O) groups is 1. The molecule has 2 bridgehead atoms. The Kier molecular flexibility index (Phi) is 3.03. The molecule has 0 saturated carbocycles. The lowest BCUT2D eigenvalue weighted by atomic mass is 9.92. The van der Waals surface area contributed by atoms with E-state index < -0.39 is 0 Å². The van der Waals surface area contributed by atoms with Crippen molar-refractivity contribution in [2.24, 2.45) is 0 Å². The molecule has 1 aromatic carbocycles. The van der Waals surface area contributed by atoms with Gasteiger partial charge in [-0.15, -0.1) is 0 Å². The van der Waals surface area contributed by atoms with Gasteiger partial charge in [-0.25, -0.2) is 0 Å². The Bertz CT molecular complexity index is 490. The highest BCUT2D eigenvalue weighted by Crippen LogP contribution is 2.52. The van der Waals surface area contributed by atoms with Crippen molar-refractivity contribution in [3.63, 3.8) is 0 Å². The fraction of sp³-hybridized carbons (Fsp3) is 0.588. The monoisotopic (exact) mass is 270 g/mol. The molecule has 3 aliphatic heterocycles. The molecular weight excluding hydrogens is 248 g/mol. The van der Waals surface area contributed by atoms with Gasteiger partial charge in [0.2, 0.25) is 5.91 Å². The molecule has 106 valence electrons. The van der Waals surface area contributed by atoms with Gasteiger partial charge in [0, 0.05) is 25.2 Å². The molecule has 4 rings (SSSR count). The minimum absolute atomic E-state index is 0.342. The Morgan fingerprint density at radius 2 is 1.60 bits per heavy atom. The van der Waals surface area contributed by atoms with E-state index in [0.717, 1.165) is 13.1 Å². The first kappa shape index (κ1) is 12.4. The summed E-state index contributed by atoms with van der Waals surface area (Å²) >= 11 is 0. The zero-order valence-electron chi connectivity index (χ0n) is 11.9. The van der Waals surface area contributed by atoms with E-state index in [1.54, 1.807) is 0 Å². The van der Waals surface area contributed by atoms with Crippen molar-refractivity contribution in [2.75, 3.05) is 19.6 Å². The van der Waals surface area contributed by atoms with Gasteiger partial charge < -0.3 is 4.90 Å². The maximum atomic E-state index is 12.5. The summed E-state index contributed by atoms with van der Waals surface area (Å²) < 4.78 is 0. The Morgan fingerprint density at radius 3 is 2.20 bits per heavy atom. The molecule has 1 amide bonds. The molecule has 1 aromatic rings. The second kappa shape index (κ2) is 4.88. The molecule has 2 unspecified atom stereocenters. The molecule has 0 radical (unpaired) electrons. The number of likely N-dealkylation sites (tertiary alicyclic amines) is 1. The van der Waals surface area contributed by atoms with Gasteiger partial charge in [0.15, 0.2) is 0 Å². The molecule has 3 heterocycles. The quantitative estimate of drug-likeness (QED) is 0.825. The van der Waals surface area contributed by atoms with Crippen LogP contribution in [0.15, 0.2) is 24.3 Å². The fourth-order valence-corrected chi connectivity index (χ4v) is 4.27. The third-order valence-electron chi connectivity index (χ3n) is 5.25. The van der Waals surface area contributed by atoms with E-state index in [4.69, 9.17) is 0 Å². The van der Waals surface area contributed by atoms with Crippen LogP contribution in [0.1, 0.15) is 55.3 Å². The predicted molar refractivity (Wildman–Crippen MR) is 78.3 cm³/mol. The van der Waals surface area contributed by atoms with Gasteiger partial charge in [-0.1, -0.05) is 24.3 Å². The summed E-state index contributed by atoms with van der Waals surface area (Å²) in [5.41, 5.74) is 2.94. The van der Waals surface area contributed by atoms with Crippen LogP contribution in [0.4, 0.5) is 0 Å². The van der Waals surface area contributed by atoms with Crippen molar-refractivity contribution in [1.82, 2.24) is 9.80 Å². The number of rotatable bonds is 2. The van der Waals surface area contributed by atoms with Crippen molar-refractivity contribution in [3.8, 4) is 0 Å². The number of piperidine rings is 1. The summed E-state index contributed by atoms with van der Waals surface area (Å²) in [5.74, 6) is 0.342. The fourth-order valence-electron chi connectivity index (χ4n) is 4.27. The Hall–Kier alpha value is -1.35. The molecule has 3 nitrogen and oxygen atoms in total.